The summed E-state index contributed by atoms with van der Waals surface area (Å²) in [5.74, 6) is -1.18. The van der Waals surface area contributed by atoms with E-state index in [2.05, 4.69) is 15.5 Å². The normalized spacial score (nSPS) is 14.8. The first-order chi connectivity index (χ1) is 11.4. The lowest BCUT2D eigenvalue weighted by Crippen LogP contribution is -2.29. The quantitative estimate of drug-likeness (QED) is 0.689. The molecule has 130 valence electrons. The van der Waals surface area contributed by atoms with E-state index in [-0.39, 0.29) is 16.3 Å². The minimum atomic E-state index is -3.85. The van der Waals surface area contributed by atoms with Crippen LogP contribution in [0, 0.1) is 0 Å². The van der Waals surface area contributed by atoms with Gasteiger partial charge >= 0.3 is 5.97 Å². The van der Waals surface area contributed by atoms with Gasteiger partial charge in [0.15, 0.2) is 0 Å². The monoisotopic (exact) mass is 370 g/mol. The number of fused-ring (bicyclic) bond motifs is 1. The fourth-order valence-electron chi connectivity index (χ4n) is 2.67. The van der Waals surface area contributed by atoms with Crippen molar-refractivity contribution >= 4 is 27.3 Å². The first-order valence-electron chi connectivity index (χ1n) is 7.44. The first kappa shape index (κ1) is 17.1. The Kier molecular flexibility index (Phi) is 4.72. The molecule has 0 saturated heterocycles. The number of hydrogen-bond donors (Lipinski definition) is 3. The minimum absolute atomic E-state index is 0.0633. The molecule has 0 spiro atoms. The van der Waals surface area contributed by atoms with Crippen LogP contribution in [0.15, 0.2) is 16.6 Å². The van der Waals surface area contributed by atoms with Crippen molar-refractivity contribution in [3.8, 4) is 0 Å². The van der Waals surface area contributed by atoms with E-state index in [1.165, 1.54) is 11.4 Å². The summed E-state index contributed by atoms with van der Waals surface area (Å²) in [5.41, 5.74) is 1.48. The van der Waals surface area contributed by atoms with Gasteiger partial charge in [0.05, 0.1) is 11.8 Å². The predicted molar refractivity (Wildman–Crippen MR) is 88.8 cm³/mol. The number of aromatic nitrogens is 2. The summed E-state index contributed by atoms with van der Waals surface area (Å²) in [6.07, 6.45) is 4.38. The average Bonchev–Trinajstić information content (AvgIpc) is 3.19. The summed E-state index contributed by atoms with van der Waals surface area (Å²) in [4.78, 5) is 12.5. The Bertz CT molecular complexity index is 843. The van der Waals surface area contributed by atoms with Crippen molar-refractivity contribution in [2.24, 2.45) is 0 Å². The molecule has 3 N–H and O–H groups in total. The molecule has 0 unspecified atom stereocenters. The molecular weight excluding hydrogens is 352 g/mol. The number of nitrogens with zero attached hydrogens (tertiary/aromatic N) is 2. The summed E-state index contributed by atoms with van der Waals surface area (Å²) >= 11 is 1.06. The number of thiophene rings is 1. The van der Waals surface area contributed by atoms with Gasteiger partial charge in [0.1, 0.15) is 4.21 Å². The maximum absolute atomic E-state index is 12.9. The SMILES string of the molecule is CN(CCc1cn[nH]c1)S(=O)(=O)c1sc2c(c1C(=O)O)CCNC2. The van der Waals surface area contributed by atoms with E-state index in [0.717, 1.165) is 21.8 Å². The van der Waals surface area contributed by atoms with Crippen LogP contribution in [0.2, 0.25) is 0 Å². The number of carbonyl (C=O) groups is 1. The number of hydrogen-bond acceptors (Lipinski definition) is 6. The summed E-state index contributed by atoms with van der Waals surface area (Å²) in [5, 5.41) is 19.2. The second-order valence-corrected chi connectivity index (χ2v) is 8.93. The number of carboxylic acid groups (broad SMARTS) is 1. The fraction of sp³-hybridized carbons (Fsp3) is 0.429. The highest BCUT2D eigenvalue weighted by atomic mass is 32.2. The van der Waals surface area contributed by atoms with Crippen molar-refractivity contribution in [3.63, 3.8) is 0 Å². The Balaban J connectivity index is 1.91. The van der Waals surface area contributed by atoms with Crippen LogP contribution in [0.3, 0.4) is 0 Å². The summed E-state index contributed by atoms with van der Waals surface area (Å²) in [6.45, 7) is 1.41. The smallest absolute Gasteiger partial charge is 0.338 e. The first-order valence-corrected chi connectivity index (χ1v) is 9.69. The van der Waals surface area contributed by atoms with E-state index in [4.69, 9.17) is 0 Å². The highest BCUT2D eigenvalue weighted by Crippen LogP contribution is 2.35. The zero-order valence-electron chi connectivity index (χ0n) is 13.1. The number of H-pyrrole nitrogens is 1. The van der Waals surface area contributed by atoms with E-state index in [9.17, 15) is 18.3 Å². The number of sulfonamides is 1. The minimum Gasteiger partial charge on any atom is -0.478 e. The number of nitrogens with one attached hydrogen (secondary N) is 2. The zero-order chi connectivity index (χ0) is 17.3. The highest BCUT2D eigenvalue weighted by molar-refractivity contribution is 7.91. The van der Waals surface area contributed by atoms with E-state index in [1.54, 1.807) is 12.4 Å². The van der Waals surface area contributed by atoms with Crippen molar-refractivity contribution < 1.29 is 18.3 Å². The number of rotatable bonds is 6. The Labute approximate surface area is 143 Å². The van der Waals surface area contributed by atoms with Crippen molar-refractivity contribution in [2.45, 2.75) is 23.6 Å². The van der Waals surface area contributed by atoms with E-state index in [1.807, 2.05) is 0 Å². The molecular formula is C14H18N4O4S2. The maximum atomic E-state index is 12.9. The van der Waals surface area contributed by atoms with Gasteiger partial charge in [-0.2, -0.15) is 9.40 Å². The van der Waals surface area contributed by atoms with Crippen molar-refractivity contribution in [2.75, 3.05) is 20.1 Å². The maximum Gasteiger partial charge on any atom is 0.338 e. The zero-order valence-corrected chi connectivity index (χ0v) is 14.7. The van der Waals surface area contributed by atoms with Crippen LogP contribution in [0.4, 0.5) is 0 Å². The van der Waals surface area contributed by atoms with Gasteiger partial charge in [-0.25, -0.2) is 13.2 Å². The number of aromatic amines is 1. The van der Waals surface area contributed by atoms with Gasteiger partial charge in [-0.05, 0) is 30.5 Å². The van der Waals surface area contributed by atoms with Crippen molar-refractivity contribution in [3.05, 3.63) is 34.0 Å². The number of likely N-dealkylation sites (N-methyl/N-ethyl adjacent to an activating group) is 1. The average molecular weight is 370 g/mol. The topological polar surface area (TPSA) is 115 Å². The molecule has 0 saturated carbocycles. The Morgan fingerprint density at radius 2 is 2.29 bits per heavy atom. The molecule has 2 aromatic heterocycles. The summed E-state index contributed by atoms with van der Waals surface area (Å²) in [7, 11) is -2.38. The van der Waals surface area contributed by atoms with Crippen LogP contribution in [0.25, 0.3) is 0 Å². The molecule has 1 aliphatic heterocycles. The van der Waals surface area contributed by atoms with Gasteiger partial charge in [0, 0.05) is 31.2 Å². The Morgan fingerprint density at radius 1 is 1.50 bits per heavy atom. The number of aromatic carboxylic acids is 1. The molecule has 24 heavy (non-hydrogen) atoms. The van der Waals surface area contributed by atoms with Gasteiger partial charge in [0.2, 0.25) is 0 Å². The van der Waals surface area contributed by atoms with Crippen LogP contribution in [-0.4, -0.2) is 54.1 Å². The van der Waals surface area contributed by atoms with Crippen LogP contribution in [0.5, 0.6) is 0 Å². The van der Waals surface area contributed by atoms with Crippen LogP contribution < -0.4 is 5.32 Å². The molecule has 8 nitrogen and oxygen atoms in total. The molecule has 1 aliphatic rings. The molecule has 0 atom stereocenters. The molecule has 0 fully saturated rings. The fourth-order valence-corrected chi connectivity index (χ4v) is 5.90. The standard InChI is InChI=1S/C14H18N4O4S2/c1-18(5-3-9-6-16-17-7-9)24(21,22)14-12(13(19)20)10-2-4-15-8-11(10)23-14/h6-7,15H,2-5,8H2,1H3,(H,16,17)(H,19,20). The van der Waals surface area contributed by atoms with Crippen LogP contribution >= 0.6 is 11.3 Å². The van der Waals surface area contributed by atoms with Gasteiger partial charge < -0.3 is 10.4 Å². The molecule has 3 heterocycles. The second-order valence-electron chi connectivity index (χ2n) is 5.58. The Hall–Kier alpha value is -1.75. The molecule has 2 aromatic rings. The molecule has 0 radical (unpaired) electrons. The van der Waals surface area contributed by atoms with Gasteiger partial charge in [-0.1, -0.05) is 0 Å². The van der Waals surface area contributed by atoms with Gasteiger partial charge in [-0.15, -0.1) is 11.3 Å². The van der Waals surface area contributed by atoms with E-state index >= 15 is 0 Å². The van der Waals surface area contributed by atoms with Crippen LogP contribution in [-0.2, 0) is 29.4 Å². The van der Waals surface area contributed by atoms with Gasteiger partial charge in [0.25, 0.3) is 10.0 Å². The highest BCUT2D eigenvalue weighted by Gasteiger charge is 2.34. The van der Waals surface area contributed by atoms with Crippen molar-refractivity contribution in [1.29, 1.82) is 0 Å². The molecule has 10 heteroatoms. The lowest BCUT2D eigenvalue weighted by Gasteiger charge is -2.16. The lowest BCUT2D eigenvalue weighted by molar-refractivity contribution is 0.0692. The molecule has 0 aliphatic carbocycles. The summed E-state index contributed by atoms with van der Waals surface area (Å²) < 4.78 is 26.9. The molecule has 3 rings (SSSR count). The summed E-state index contributed by atoms with van der Waals surface area (Å²) in [6, 6.07) is 0. The lowest BCUT2D eigenvalue weighted by atomic mass is 10.1. The van der Waals surface area contributed by atoms with Crippen LogP contribution in [0.1, 0.15) is 26.4 Å². The third kappa shape index (κ3) is 3.09. The largest absolute Gasteiger partial charge is 0.478 e. The Morgan fingerprint density at radius 3 is 2.96 bits per heavy atom. The third-order valence-corrected chi connectivity index (χ3v) is 7.61. The molecule has 0 bridgehead atoms. The third-order valence-electron chi connectivity index (χ3n) is 4.02. The van der Waals surface area contributed by atoms with E-state index < -0.39 is 16.0 Å². The molecule has 0 amide bonds. The second kappa shape index (κ2) is 6.63. The molecule has 0 aromatic carbocycles. The number of carboxylic acids is 1. The van der Waals surface area contributed by atoms with E-state index in [0.29, 0.717) is 31.5 Å². The predicted octanol–water partition coefficient (Wildman–Crippen LogP) is 0.678. The van der Waals surface area contributed by atoms with Gasteiger partial charge in [-0.3, -0.25) is 5.10 Å². The van der Waals surface area contributed by atoms with Crippen molar-refractivity contribution in [1.82, 2.24) is 19.8 Å².